The van der Waals surface area contributed by atoms with Crippen LogP contribution in [0.15, 0.2) is 42.9 Å². The average molecular weight is 285 g/mol. The average Bonchev–Trinajstić information content (AvgIpc) is 3.04. The van der Waals surface area contributed by atoms with E-state index >= 15 is 0 Å². The molecule has 0 saturated carbocycles. The van der Waals surface area contributed by atoms with Gasteiger partial charge in [-0.2, -0.15) is 5.10 Å². The molecule has 0 atom stereocenters. The van der Waals surface area contributed by atoms with E-state index < -0.39 is 5.82 Å². The molecule has 3 aromatic rings. The molecule has 0 radical (unpaired) electrons. The summed E-state index contributed by atoms with van der Waals surface area (Å²) in [5, 5.41) is 9.42. The minimum atomic E-state index is -0.438. The van der Waals surface area contributed by atoms with Gasteiger partial charge in [0, 0.05) is 18.0 Å². The van der Waals surface area contributed by atoms with Crippen LogP contribution in [0, 0.1) is 5.82 Å². The third-order valence-corrected chi connectivity index (χ3v) is 2.88. The van der Waals surface area contributed by atoms with E-state index in [1.165, 1.54) is 13.2 Å². The zero-order valence-corrected chi connectivity index (χ0v) is 11.2. The van der Waals surface area contributed by atoms with Crippen LogP contribution < -0.4 is 10.1 Å². The van der Waals surface area contributed by atoms with Gasteiger partial charge in [-0.15, -0.1) is 0 Å². The van der Waals surface area contributed by atoms with Crippen LogP contribution >= 0.6 is 0 Å². The second-order valence-corrected chi connectivity index (χ2v) is 4.19. The van der Waals surface area contributed by atoms with E-state index in [2.05, 4.69) is 25.5 Å². The number of ether oxygens (including phenoxy) is 1. The first kappa shape index (κ1) is 13.0. The third kappa shape index (κ3) is 2.66. The number of rotatable bonds is 4. The van der Waals surface area contributed by atoms with Gasteiger partial charge >= 0.3 is 0 Å². The van der Waals surface area contributed by atoms with Gasteiger partial charge in [0.2, 0.25) is 5.95 Å². The normalized spacial score (nSPS) is 10.4. The van der Waals surface area contributed by atoms with Crippen molar-refractivity contribution < 1.29 is 9.13 Å². The molecule has 2 heterocycles. The fraction of sp³-hybridized carbons (Fsp3) is 0.0714. The van der Waals surface area contributed by atoms with Crippen LogP contribution in [0.5, 0.6) is 5.75 Å². The Kier molecular flexibility index (Phi) is 3.46. The highest BCUT2D eigenvalue weighted by molar-refractivity contribution is 5.65. The summed E-state index contributed by atoms with van der Waals surface area (Å²) in [7, 11) is 1.47. The van der Waals surface area contributed by atoms with Crippen molar-refractivity contribution in [2.75, 3.05) is 12.4 Å². The maximum atomic E-state index is 13.9. The molecule has 0 saturated heterocycles. The number of anilines is 2. The lowest BCUT2D eigenvalue weighted by atomic mass is 10.2. The fourth-order valence-corrected chi connectivity index (χ4v) is 1.88. The van der Waals surface area contributed by atoms with E-state index in [9.17, 15) is 4.39 Å². The molecule has 0 aliphatic heterocycles. The summed E-state index contributed by atoms with van der Waals surface area (Å²) in [5.41, 5.74) is 1.70. The minimum absolute atomic E-state index is 0.198. The Bertz CT molecular complexity index is 745. The Hall–Kier alpha value is -2.96. The zero-order chi connectivity index (χ0) is 14.7. The summed E-state index contributed by atoms with van der Waals surface area (Å²) < 4.78 is 19.0. The maximum Gasteiger partial charge on any atom is 0.227 e. The zero-order valence-electron chi connectivity index (χ0n) is 11.2. The van der Waals surface area contributed by atoms with Crippen molar-refractivity contribution in [3.05, 3.63) is 48.7 Å². The lowest BCUT2D eigenvalue weighted by molar-refractivity contribution is 0.414. The topological polar surface area (TPSA) is 75.7 Å². The van der Waals surface area contributed by atoms with Crippen molar-refractivity contribution in [2.45, 2.75) is 0 Å². The molecule has 0 amide bonds. The van der Waals surface area contributed by atoms with Gasteiger partial charge in [0.1, 0.15) is 11.4 Å². The van der Waals surface area contributed by atoms with E-state index in [4.69, 9.17) is 4.74 Å². The van der Waals surface area contributed by atoms with Crippen LogP contribution in [-0.2, 0) is 0 Å². The summed E-state index contributed by atoms with van der Waals surface area (Å²) in [6.45, 7) is 0. The Morgan fingerprint density at radius 3 is 2.95 bits per heavy atom. The monoisotopic (exact) mass is 285 g/mol. The van der Waals surface area contributed by atoms with Crippen molar-refractivity contribution in [3.8, 4) is 17.0 Å². The molecule has 0 aliphatic rings. The van der Waals surface area contributed by atoms with Gasteiger partial charge in [-0.3, -0.25) is 5.10 Å². The van der Waals surface area contributed by atoms with E-state index in [-0.39, 0.29) is 11.6 Å². The highest BCUT2D eigenvalue weighted by Crippen LogP contribution is 2.29. The Labute approximate surface area is 120 Å². The lowest BCUT2D eigenvalue weighted by Crippen LogP contribution is -2.01. The van der Waals surface area contributed by atoms with E-state index in [0.29, 0.717) is 11.4 Å². The molecule has 2 N–H and O–H groups in total. The van der Waals surface area contributed by atoms with Crippen LogP contribution in [-0.4, -0.2) is 27.3 Å². The smallest absolute Gasteiger partial charge is 0.227 e. The number of methoxy groups -OCH3 is 1. The molecule has 2 aromatic heterocycles. The Morgan fingerprint density at radius 1 is 1.29 bits per heavy atom. The predicted molar refractivity (Wildman–Crippen MR) is 75.8 cm³/mol. The molecule has 0 unspecified atom stereocenters. The molecule has 6 nitrogen and oxygen atoms in total. The summed E-state index contributed by atoms with van der Waals surface area (Å²) in [6.07, 6.45) is 4.95. The number of aromatic amines is 1. The van der Waals surface area contributed by atoms with Crippen molar-refractivity contribution in [2.24, 2.45) is 0 Å². The van der Waals surface area contributed by atoms with E-state index in [1.807, 2.05) is 0 Å². The van der Waals surface area contributed by atoms with Gasteiger partial charge in [0.15, 0.2) is 5.82 Å². The number of halogens is 1. The number of hydrogen-bond donors (Lipinski definition) is 2. The van der Waals surface area contributed by atoms with Gasteiger partial charge < -0.3 is 10.1 Å². The summed E-state index contributed by atoms with van der Waals surface area (Å²) >= 11 is 0. The predicted octanol–water partition coefficient (Wildman–Crippen LogP) is 2.76. The number of nitrogens with one attached hydrogen (secondary N) is 2. The summed E-state index contributed by atoms with van der Waals surface area (Å²) in [5.74, 6) is 0.219. The van der Waals surface area contributed by atoms with Crippen molar-refractivity contribution >= 4 is 11.6 Å². The van der Waals surface area contributed by atoms with Gasteiger partial charge in [-0.05, 0) is 18.2 Å². The van der Waals surface area contributed by atoms with Crippen molar-refractivity contribution in [1.29, 1.82) is 0 Å². The molecule has 21 heavy (non-hydrogen) atoms. The number of aromatic nitrogens is 4. The number of nitrogens with zero attached hydrogens (tertiary/aromatic N) is 3. The Balaban J connectivity index is 1.94. The first-order valence-corrected chi connectivity index (χ1v) is 6.19. The highest BCUT2D eigenvalue weighted by atomic mass is 19.1. The standard InChI is InChI=1S/C14H12FN5O/c1-21-12-4-2-3-10(15)13(12)20-14-16-6-5-11(19-14)9-7-17-18-8-9/h2-8H,1H3,(H,17,18)(H,16,19,20). The lowest BCUT2D eigenvalue weighted by Gasteiger charge is -2.11. The number of H-pyrrole nitrogens is 1. The number of para-hydroxylation sites is 1. The highest BCUT2D eigenvalue weighted by Gasteiger charge is 2.11. The molecule has 0 bridgehead atoms. The van der Waals surface area contributed by atoms with Gasteiger partial charge in [0.05, 0.1) is 19.0 Å². The van der Waals surface area contributed by atoms with E-state index in [1.54, 1.807) is 36.8 Å². The number of benzene rings is 1. The molecule has 0 aliphatic carbocycles. The first-order chi connectivity index (χ1) is 10.3. The van der Waals surface area contributed by atoms with Crippen molar-refractivity contribution in [3.63, 3.8) is 0 Å². The largest absolute Gasteiger partial charge is 0.494 e. The molecular weight excluding hydrogens is 273 g/mol. The number of hydrogen-bond acceptors (Lipinski definition) is 5. The molecule has 0 fully saturated rings. The van der Waals surface area contributed by atoms with Gasteiger partial charge in [0.25, 0.3) is 0 Å². The first-order valence-electron chi connectivity index (χ1n) is 6.19. The SMILES string of the molecule is COc1cccc(F)c1Nc1nccc(-c2cn[nH]c2)n1. The van der Waals surface area contributed by atoms with Crippen molar-refractivity contribution in [1.82, 2.24) is 20.2 Å². The van der Waals surface area contributed by atoms with Crippen LogP contribution in [0.25, 0.3) is 11.3 Å². The quantitative estimate of drug-likeness (QED) is 0.771. The fourth-order valence-electron chi connectivity index (χ4n) is 1.88. The van der Waals surface area contributed by atoms with Crippen LogP contribution in [0.3, 0.4) is 0 Å². The second-order valence-electron chi connectivity index (χ2n) is 4.19. The van der Waals surface area contributed by atoms with Gasteiger partial charge in [-0.25, -0.2) is 14.4 Å². The Morgan fingerprint density at radius 2 is 2.19 bits per heavy atom. The molecule has 3 rings (SSSR count). The third-order valence-electron chi connectivity index (χ3n) is 2.88. The summed E-state index contributed by atoms with van der Waals surface area (Å²) in [6, 6.07) is 6.31. The second kappa shape index (κ2) is 5.58. The van der Waals surface area contributed by atoms with Crippen LogP contribution in [0.4, 0.5) is 16.0 Å². The van der Waals surface area contributed by atoms with Crippen LogP contribution in [0.2, 0.25) is 0 Å². The molecule has 1 aromatic carbocycles. The maximum absolute atomic E-state index is 13.9. The van der Waals surface area contributed by atoms with E-state index in [0.717, 1.165) is 5.56 Å². The molecule has 7 heteroatoms. The molecular formula is C14H12FN5O. The molecule has 0 spiro atoms. The molecule has 106 valence electrons. The van der Waals surface area contributed by atoms with Crippen LogP contribution in [0.1, 0.15) is 0 Å². The minimum Gasteiger partial charge on any atom is -0.494 e. The van der Waals surface area contributed by atoms with Gasteiger partial charge in [-0.1, -0.05) is 6.07 Å². The summed E-state index contributed by atoms with van der Waals surface area (Å²) in [4.78, 5) is 8.41.